The number of hydrogen-bond donors (Lipinski definition) is 2. The standard InChI is InChI=1S/C23H35N5OS/c1-17(2)20-16-30-22(27-20)15-26-23(24-3)25-14-21(28-12-6-5-7-13-28)18-8-10-19(29-4)11-9-18/h8-11,16-17,21H,5-7,12-15H2,1-4H3,(H2,24,25,26). The number of ether oxygens (including phenoxy) is 1. The molecule has 0 amide bonds. The van der Waals surface area contributed by atoms with Crippen molar-refractivity contribution in [3.05, 3.63) is 45.9 Å². The molecule has 7 heteroatoms. The number of aliphatic imine (C=N–C) groups is 1. The van der Waals surface area contributed by atoms with Gasteiger partial charge in [-0.05, 0) is 49.5 Å². The largest absolute Gasteiger partial charge is 0.497 e. The van der Waals surface area contributed by atoms with Crippen LogP contribution in [0, 0.1) is 0 Å². The van der Waals surface area contributed by atoms with Crippen molar-refractivity contribution in [2.24, 2.45) is 4.99 Å². The number of nitrogens with one attached hydrogen (secondary N) is 2. The summed E-state index contributed by atoms with van der Waals surface area (Å²) in [5.74, 6) is 2.17. The molecule has 30 heavy (non-hydrogen) atoms. The maximum atomic E-state index is 5.34. The predicted octanol–water partition coefficient (Wildman–Crippen LogP) is 4.17. The lowest BCUT2D eigenvalue weighted by molar-refractivity contribution is 0.164. The Hall–Kier alpha value is -2.12. The zero-order valence-electron chi connectivity index (χ0n) is 18.6. The number of aromatic nitrogens is 1. The average molecular weight is 430 g/mol. The van der Waals surface area contributed by atoms with Crippen LogP contribution in [0.1, 0.15) is 61.3 Å². The fraction of sp³-hybridized carbons (Fsp3) is 0.565. The number of nitrogens with zero attached hydrogens (tertiary/aromatic N) is 3. The fourth-order valence-electron chi connectivity index (χ4n) is 3.76. The smallest absolute Gasteiger partial charge is 0.191 e. The van der Waals surface area contributed by atoms with Crippen molar-refractivity contribution in [3.8, 4) is 5.75 Å². The molecule has 1 aliphatic rings. The molecule has 6 nitrogen and oxygen atoms in total. The molecule has 2 N–H and O–H groups in total. The molecule has 0 saturated carbocycles. The lowest BCUT2D eigenvalue weighted by Gasteiger charge is -2.35. The monoisotopic (exact) mass is 429 g/mol. The van der Waals surface area contributed by atoms with E-state index in [4.69, 9.17) is 9.72 Å². The lowest BCUT2D eigenvalue weighted by atomic mass is 10.0. The highest BCUT2D eigenvalue weighted by atomic mass is 32.1. The first-order chi connectivity index (χ1) is 14.6. The normalized spacial score (nSPS) is 16.5. The maximum absolute atomic E-state index is 5.34. The minimum atomic E-state index is 0.308. The SMILES string of the molecule is CN=C(NCc1nc(C(C)C)cs1)NCC(c1ccc(OC)cc1)N1CCCCC1. The molecule has 3 rings (SSSR count). The summed E-state index contributed by atoms with van der Waals surface area (Å²) < 4.78 is 5.34. The van der Waals surface area contributed by atoms with Gasteiger partial charge in [-0.1, -0.05) is 32.4 Å². The zero-order chi connectivity index (χ0) is 21.3. The van der Waals surface area contributed by atoms with Gasteiger partial charge in [0.15, 0.2) is 5.96 Å². The van der Waals surface area contributed by atoms with Crippen molar-refractivity contribution in [3.63, 3.8) is 0 Å². The molecule has 1 atom stereocenters. The van der Waals surface area contributed by atoms with Crippen LogP contribution in [0.5, 0.6) is 5.75 Å². The molecular formula is C23H35N5OS. The molecule has 0 spiro atoms. The molecule has 1 unspecified atom stereocenters. The molecule has 1 aromatic carbocycles. The summed E-state index contributed by atoms with van der Waals surface area (Å²) in [4.78, 5) is 11.7. The van der Waals surface area contributed by atoms with Crippen LogP contribution in [0.15, 0.2) is 34.6 Å². The predicted molar refractivity (Wildman–Crippen MR) is 126 cm³/mol. The van der Waals surface area contributed by atoms with Crippen LogP contribution in [-0.2, 0) is 6.54 Å². The summed E-state index contributed by atoms with van der Waals surface area (Å²) in [5, 5.41) is 10.2. The Morgan fingerprint density at radius 2 is 1.90 bits per heavy atom. The van der Waals surface area contributed by atoms with Gasteiger partial charge < -0.3 is 15.4 Å². The second-order valence-corrected chi connectivity index (χ2v) is 8.96. The van der Waals surface area contributed by atoms with Gasteiger partial charge in [-0.25, -0.2) is 4.98 Å². The lowest BCUT2D eigenvalue weighted by Crippen LogP contribution is -2.44. The van der Waals surface area contributed by atoms with E-state index in [2.05, 4.69) is 51.9 Å². The van der Waals surface area contributed by atoms with Crippen LogP contribution in [-0.4, -0.2) is 49.6 Å². The van der Waals surface area contributed by atoms with Gasteiger partial charge >= 0.3 is 0 Å². The molecule has 0 aliphatic carbocycles. The van der Waals surface area contributed by atoms with Gasteiger partial charge in [0.05, 0.1) is 25.4 Å². The van der Waals surface area contributed by atoms with Gasteiger partial charge in [0.25, 0.3) is 0 Å². The Kier molecular flexibility index (Phi) is 8.51. The quantitative estimate of drug-likeness (QED) is 0.487. The van der Waals surface area contributed by atoms with Gasteiger partial charge in [0, 0.05) is 19.0 Å². The van der Waals surface area contributed by atoms with E-state index in [0.29, 0.717) is 18.5 Å². The van der Waals surface area contributed by atoms with Crippen molar-refractivity contribution < 1.29 is 4.74 Å². The van der Waals surface area contributed by atoms with E-state index in [9.17, 15) is 0 Å². The van der Waals surface area contributed by atoms with Gasteiger partial charge in [0.2, 0.25) is 0 Å². The molecule has 1 aromatic heterocycles. The molecule has 0 radical (unpaired) electrons. The van der Waals surface area contributed by atoms with Gasteiger partial charge in [-0.2, -0.15) is 0 Å². The third-order valence-electron chi connectivity index (χ3n) is 5.59. The summed E-state index contributed by atoms with van der Waals surface area (Å²) in [6.45, 7) is 8.12. The Morgan fingerprint density at radius 3 is 2.50 bits per heavy atom. The fourth-order valence-corrected chi connectivity index (χ4v) is 4.65. The number of likely N-dealkylation sites (tertiary alicyclic amines) is 1. The summed E-state index contributed by atoms with van der Waals surface area (Å²) in [5.41, 5.74) is 2.46. The van der Waals surface area contributed by atoms with E-state index in [-0.39, 0.29) is 0 Å². The third-order valence-corrected chi connectivity index (χ3v) is 6.45. The summed E-state index contributed by atoms with van der Waals surface area (Å²) in [6.07, 6.45) is 3.86. The molecule has 2 heterocycles. The zero-order valence-corrected chi connectivity index (χ0v) is 19.5. The highest BCUT2D eigenvalue weighted by Gasteiger charge is 2.22. The minimum absolute atomic E-state index is 0.308. The van der Waals surface area contributed by atoms with E-state index in [1.165, 1.54) is 24.8 Å². The van der Waals surface area contributed by atoms with Gasteiger partial charge in [0.1, 0.15) is 10.8 Å². The number of guanidine groups is 1. The summed E-state index contributed by atoms with van der Waals surface area (Å²) >= 11 is 1.70. The van der Waals surface area contributed by atoms with Crippen molar-refractivity contribution in [2.75, 3.05) is 33.8 Å². The van der Waals surface area contributed by atoms with Crippen LogP contribution < -0.4 is 15.4 Å². The number of methoxy groups -OCH3 is 1. The van der Waals surface area contributed by atoms with Crippen molar-refractivity contribution in [1.82, 2.24) is 20.5 Å². The van der Waals surface area contributed by atoms with E-state index >= 15 is 0 Å². The number of benzene rings is 1. The molecule has 2 aromatic rings. The van der Waals surface area contributed by atoms with Gasteiger partial charge in [-0.15, -0.1) is 11.3 Å². The van der Waals surface area contributed by atoms with Crippen molar-refractivity contribution in [1.29, 1.82) is 0 Å². The highest BCUT2D eigenvalue weighted by Crippen LogP contribution is 2.26. The first-order valence-electron chi connectivity index (χ1n) is 10.9. The molecule has 164 valence electrons. The third kappa shape index (κ3) is 6.19. The Morgan fingerprint density at radius 1 is 1.17 bits per heavy atom. The number of piperidine rings is 1. The first-order valence-corrected chi connectivity index (χ1v) is 11.8. The number of rotatable bonds is 8. The Labute approximate surface area is 184 Å². The van der Waals surface area contributed by atoms with Gasteiger partial charge in [-0.3, -0.25) is 9.89 Å². The van der Waals surface area contributed by atoms with Crippen LogP contribution >= 0.6 is 11.3 Å². The summed E-state index contributed by atoms with van der Waals surface area (Å²) in [7, 11) is 3.53. The van der Waals surface area contributed by atoms with Crippen LogP contribution in [0.25, 0.3) is 0 Å². The van der Waals surface area contributed by atoms with Crippen molar-refractivity contribution in [2.45, 2.75) is 51.6 Å². The van der Waals surface area contributed by atoms with Crippen LogP contribution in [0.2, 0.25) is 0 Å². The summed E-state index contributed by atoms with van der Waals surface area (Å²) in [6, 6.07) is 8.77. The van der Waals surface area contributed by atoms with E-state index in [1.807, 2.05) is 19.2 Å². The maximum Gasteiger partial charge on any atom is 0.191 e. The average Bonchev–Trinajstić information content (AvgIpc) is 3.26. The van der Waals surface area contributed by atoms with Crippen molar-refractivity contribution >= 4 is 17.3 Å². The second kappa shape index (κ2) is 11.3. The Balaban J connectivity index is 1.62. The van der Waals surface area contributed by atoms with E-state index in [0.717, 1.165) is 42.0 Å². The number of thiazole rings is 1. The number of hydrogen-bond acceptors (Lipinski definition) is 5. The molecule has 1 fully saturated rings. The van der Waals surface area contributed by atoms with Crippen LogP contribution in [0.3, 0.4) is 0 Å². The first kappa shape index (κ1) is 22.6. The minimum Gasteiger partial charge on any atom is -0.497 e. The molecule has 0 bridgehead atoms. The molecule has 1 saturated heterocycles. The molecule has 1 aliphatic heterocycles. The Bertz CT molecular complexity index is 796. The van der Waals surface area contributed by atoms with E-state index in [1.54, 1.807) is 18.4 Å². The van der Waals surface area contributed by atoms with Crippen LogP contribution in [0.4, 0.5) is 0 Å². The topological polar surface area (TPSA) is 61.8 Å². The van der Waals surface area contributed by atoms with E-state index < -0.39 is 0 Å². The second-order valence-electron chi connectivity index (χ2n) is 8.01. The highest BCUT2D eigenvalue weighted by molar-refractivity contribution is 7.09. The molecular weight excluding hydrogens is 394 g/mol.